The second kappa shape index (κ2) is 6.07. The van der Waals surface area contributed by atoms with Crippen molar-refractivity contribution in [3.63, 3.8) is 0 Å². The maximum Gasteiger partial charge on any atom is 0.410 e. The van der Waals surface area contributed by atoms with Crippen LogP contribution < -0.4 is 0 Å². The number of aryl methyl sites for hydroxylation is 1. The molecule has 0 saturated carbocycles. The molecule has 1 aliphatic rings. The molecular formula is C17H22FNO3. The molecule has 1 heterocycles. The lowest BCUT2D eigenvalue weighted by Gasteiger charge is -2.37. The molecular weight excluding hydrogens is 285 g/mol. The molecule has 4 nitrogen and oxygen atoms in total. The number of benzene rings is 1. The second-order valence-electron chi connectivity index (χ2n) is 6.68. The first kappa shape index (κ1) is 16.5. The molecule has 22 heavy (non-hydrogen) atoms. The van der Waals surface area contributed by atoms with E-state index in [2.05, 4.69) is 0 Å². The minimum absolute atomic E-state index is 0.105. The lowest BCUT2D eigenvalue weighted by molar-refractivity contribution is -0.123. The summed E-state index contributed by atoms with van der Waals surface area (Å²) in [7, 11) is 0. The number of Topliss-reactive ketones (excluding diaryl/α,β-unsaturated/α-hetero) is 1. The number of halogens is 1. The van der Waals surface area contributed by atoms with Crippen molar-refractivity contribution < 1.29 is 18.7 Å². The standard InChI is InChI=1S/C17H22FNO3/c1-11-9-12(18)5-6-14(11)15-10-13(20)7-8-19(15)16(21)22-17(2,3)4/h5-6,9,15H,7-8,10H2,1-4H3. The van der Waals surface area contributed by atoms with Gasteiger partial charge in [-0.2, -0.15) is 0 Å². The van der Waals surface area contributed by atoms with E-state index in [1.54, 1.807) is 38.7 Å². The summed E-state index contributed by atoms with van der Waals surface area (Å²) in [5, 5.41) is 0. The molecule has 5 heteroatoms. The van der Waals surface area contributed by atoms with Crippen LogP contribution in [-0.2, 0) is 9.53 Å². The van der Waals surface area contributed by atoms with Gasteiger partial charge in [-0.05, 0) is 51.0 Å². The fraction of sp³-hybridized carbons (Fsp3) is 0.529. The van der Waals surface area contributed by atoms with E-state index >= 15 is 0 Å². The normalized spacial score (nSPS) is 19.2. The molecule has 1 unspecified atom stereocenters. The number of carbonyl (C=O) groups excluding carboxylic acids is 2. The van der Waals surface area contributed by atoms with E-state index in [-0.39, 0.29) is 18.0 Å². The average Bonchev–Trinajstić information content (AvgIpc) is 2.36. The van der Waals surface area contributed by atoms with Gasteiger partial charge in [-0.15, -0.1) is 0 Å². The average molecular weight is 307 g/mol. The summed E-state index contributed by atoms with van der Waals surface area (Å²) in [5.41, 5.74) is 0.926. The molecule has 1 atom stereocenters. The predicted molar refractivity (Wildman–Crippen MR) is 81.1 cm³/mol. The third-order valence-electron chi connectivity index (χ3n) is 3.65. The Morgan fingerprint density at radius 1 is 1.36 bits per heavy atom. The molecule has 0 aromatic heterocycles. The van der Waals surface area contributed by atoms with Crippen molar-refractivity contribution in [2.24, 2.45) is 0 Å². The molecule has 120 valence electrons. The van der Waals surface area contributed by atoms with Gasteiger partial charge < -0.3 is 9.64 Å². The van der Waals surface area contributed by atoms with Crippen molar-refractivity contribution in [2.75, 3.05) is 6.54 Å². The molecule has 1 saturated heterocycles. The minimum atomic E-state index is -0.596. The van der Waals surface area contributed by atoms with Crippen LogP contribution >= 0.6 is 0 Å². The van der Waals surface area contributed by atoms with Crippen LogP contribution in [0.2, 0.25) is 0 Å². The van der Waals surface area contributed by atoms with E-state index in [1.165, 1.54) is 12.1 Å². The van der Waals surface area contributed by atoms with Gasteiger partial charge >= 0.3 is 6.09 Å². The SMILES string of the molecule is Cc1cc(F)ccc1C1CC(=O)CCN1C(=O)OC(C)(C)C. The predicted octanol–water partition coefficient (Wildman–Crippen LogP) is 3.78. The largest absolute Gasteiger partial charge is 0.444 e. The topological polar surface area (TPSA) is 46.6 Å². The van der Waals surface area contributed by atoms with Gasteiger partial charge in [-0.25, -0.2) is 9.18 Å². The van der Waals surface area contributed by atoms with Gasteiger partial charge in [0.25, 0.3) is 0 Å². The molecule has 1 aromatic rings. The third-order valence-corrected chi connectivity index (χ3v) is 3.65. The van der Waals surface area contributed by atoms with E-state index in [0.29, 0.717) is 13.0 Å². The van der Waals surface area contributed by atoms with Crippen molar-refractivity contribution in [2.45, 2.75) is 52.2 Å². The molecule has 1 amide bonds. The van der Waals surface area contributed by atoms with E-state index in [4.69, 9.17) is 4.74 Å². The Bertz CT molecular complexity index is 592. The van der Waals surface area contributed by atoms with Gasteiger partial charge in [-0.3, -0.25) is 4.79 Å². The summed E-state index contributed by atoms with van der Waals surface area (Å²) in [4.78, 5) is 25.8. The molecule has 0 N–H and O–H groups in total. The van der Waals surface area contributed by atoms with Gasteiger partial charge in [0, 0.05) is 19.4 Å². The van der Waals surface area contributed by atoms with Crippen LogP contribution in [0.15, 0.2) is 18.2 Å². The second-order valence-corrected chi connectivity index (χ2v) is 6.68. The van der Waals surface area contributed by atoms with E-state index in [1.807, 2.05) is 0 Å². The fourth-order valence-electron chi connectivity index (χ4n) is 2.66. The molecule has 0 aliphatic carbocycles. The van der Waals surface area contributed by atoms with Crippen LogP contribution in [0, 0.1) is 12.7 Å². The van der Waals surface area contributed by atoms with Crippen LogP contribution in [0.3, 0.4) is 0 Å². The highest BCUT2D eigenvalue weighted by molar-refractivity contribution is 5.82. The Morgan fingerprint density at radius 3 is 2.64 bits per heavy atom. The summed E-state index contributed by atoms with van der Waals surface area (Å²) >= 11 is 0. The summed E-state index contributed by atoms with van der Waals surface area (Å²) in [6.07, 6.45) is 0.135. The summed E-state index contributed by atoms with van der Waals surface area (Å²) < 4.78 is 18.7. The number of likely N-dealkylation sites (tertiary alicyclic amines) is 1. The first-order chi connectivity index (χ1) is 10.2. The fourth-order valence-corrected chi connectivity index (χ4v) is 2.66. The molecule has 1 fully saturated rings. The summed E-state index contributed by atoms with van der Waals surface area (Å²) in [5.74, 6) is -0.222. The minimum Gasteiger partial charge on any atom is -0.444 e. The van der Waals surface area contributed by atoms with Crippen molar-refractivity contribution >= 4 is 11.9 Å². The third kappa shape index (κ3) is 3.84. The van der Waals surface area contributed by atoms with Crippen LogP contribution in [0.4, 0.5) is 9.18 Å². The van der Waals surface area contributed by atoms with Crippen LogP contribution in [0.5, 0.6) is 0 Å². The van der Waals surface area contributed by atoms with Gasteiger partial charge in [0.2, 0.25) is 0 Å². The monoisotopic (exact) mass is 307 g/mol. The van der Waals surface area contributed by atoms with E-state index < -0.39 is 17.7 Å². The quantitative estimate of drug-likeness (QED) is 0.793. The van der Waals surface area contributed by atoms with Crippen molar-refractivity contribution in [3.8, 4) is 0 Å². The summed E-state index contributed by atoms with van der Waals surface area (Å²) in [6, 6.07) is 4.03. The number of ketones is 1. The smallest absolute Gasteiger partial charge is 0.410 e. The molecule has 1 aliphatic heterocycles. The number of carbonyl (C=O) groups is 2. The van der Waals surface area contributed by atoms with Crippen molar-refractivity contribution in [3.05, 3.63) is 35.1 Å². The Labute approximate surface area is 130 Å². The maximum atomic E-state index is 13.3. The number of ether oxygens (including phenoxy) is 1. The molecule has 0 spiro atoms. The van der Waals surface area contributed by atoms with Crippen molar-refractivity contribution in [1.29, 1.82) is 0 Å². The van der Waals surface area contributed by atoms with Gasteiger partial charge in [0.05, 0.1) is 6.04 Å². The number of nitrogens with zero attached hydrogens (tertiary/aromatic N) is 1. The number of hydrogen-bond donors (Lipinski definition) is 0. The molecule has 0 bridgehead atoms. The lowest BCUT2D eigenvalue weighted by Crippen LogP contribution is -2.44. The van der Waals surface area contributed by atoms with E-state index in [9.17, 15) is 14.0 Å². The van der Waals surface area contributed by atoms with Crippen LogP contribution in [0.1, 0.15) is 50.8 Å². The number of hydrogen-bond acceptors (Lipinski definition) is 3. The Balaban J connectivity index is 2.31. The maximum absolute atomic E-state index is 13.3. The highest BCUT2D eigenvalue weighted by Gasteiger charge is 2.35. The van der Waals surface area contributed by atoms with E-state index in [0.717, 1.165) is 11.1 Å². The summed E-state index contributed by atoms with van der Waals surface area (Å²) in [6.45, 7) is 7.52. The van der Waals surface area contributed by atoms with Crippen LogP contribution in [0.25, 0.3) is 0 Å². The zero-order chi connectivity index (χ0) is 16.5. The van der Waals surface area contributed by atoms with Gasteiger partial charge in [0.15, 0.2) is 0 Å². The Morgan fingerprint density at radius 2 is 2.05 bits per heavy atom. The van der Waals surface area contributed by atoms with Gasteiger partial charge in [0.1, 0.15) is 17.2 Å². The number of amides is 1. The Hall–Kier alpha value is -1.91. The number of rotatable bonds is 1. The highest BCUT2D eigenvalue weighted by Crippen LogP contribution is 2.32. The number of piperidine rings is 1. The van der Waals surface area contributed by atoms with Crippen molar-refractivity contribution in [1.82, 2.24) is 4.90 Å². The first-order valence-corrected chi connectivity index (χ1v) is 7.45. The Kier molecular flexibility index (Phi) is 4.54. The molecule has 0 radical (unpaired) electrons. The molecule has 2 rings (SSSR count). The zero-order valence-electron chi connectivity index (χ0n) is 13.5. The first-order valence-electron chi connectivity index (χ1n) is 7.45. The lowest BCUT2D eigenvalue weighted by atomic mass is 9.92. The zero-order valence-corrected chi connectivity index (χ0v) is 13.5. The van der Waals surface area contributed by atoms with Gasteiger partial charge in [-0.1, -0.05) is 6.07 Å². The highest BCUT2D eigenvalue weighted by atomic mass is 19.1. The molecule has 1 aromatic carbocycles. The van der Waals surface area contributed by atoms with Crippen LogP contribution in [-0.4, -0.2) is 28.9 Å².